The molecule has 0 bridgehead atoms. The molecular weight excluding hydrogens is 305 g/mol. The average molecular weight is 327 g/mol. The van der Waals surface area contributed by atoms with E-state index < -0.39 is 0 Å². The summed E-state index contributed by atoms with van der Waals surface area (Å²) in [7, 11) is 0. The fraction of sp³-hybridized carbons (Fsp3) is 0.300. The van der Waals surface area contributed by atoms with Gasteiger partial charge < -0.3 is 5.32 Å². The van der Waals surface area contributed by atoms with Crippen molar-refractivity contribution in [3.63, 3.8) is 0 Å². The third-order valence-electron chi connectivity index (χ3n) is 4.13. The van der Waals surface area contributed by atoms with E-state index in [0.717, 1.165) is 11.1 Å². The molecule has 1 unspecified atom stereocenters. The van der Waals surface area contributed by atoms with Crippen molar-refractivity contribution in [3.8, 4) is 0 Å². The Morgan fingerprint density at radius 3 is 2.46 bits per heavy atom. The highest BCUT2D eigenvalue weighted by atomic mass is 19.1. The second-order valence-corrected chi connectivity index (χ2v) is 6.07. The first-order valence-corrected chi connectivity index (χ1v) is 8.02. The van der Waals surface area contributed by atoms with E-state index >= 15 is 0 Å². The molecule has 0 aliphatic rings. The molecule has 0 saturated heterocycles. The summed E-state index contributed by atoms with van der Waals surface area (Å²) in [5, 5.41) is 2.79. The van der Waals surface area contributed by atoms with Crippen LogP contribution in [0.5, 0.6) is 0 Å². The van der Waals surface area contributed by atoms with Gasteiger partial charge in [-0.25, -0.2) is 4.39 Å². The van der Waals surface area contributed by atoms with Crippen LogP contribution in [0, 0.1) is 19.7 Å². The van der Waals surface area contributed by atoms with Gasteiger partial charge in [-0.2, -0.15) is 0 Å². The van der Waals surface area contributed by atoms with Crippen molar-refractivity contribution < 1.29 is 14.0 Å². The monoisotopic (exact) mass is 327 g/mol. The molecule has 1 atom stereocenters. The third-order valence-corrected chi connectivity index (χ3v) is 4.13. The van der Waals surface area contributed by atoms with Crippen molar-refractivity contribution in [2.75, 3.05) is 0 Å². The lowest BCUT2D eigenvalue weighted by Gasteiger charge is -2.14. The van der Waals surface area contributed by atoms with Crippen molar-refractivity contribution in [1.82, 2.24) is 5.32 Å². The number of halogens is 1. The number of carbonyl (C=O) groups is 2. The summed E-state index contributed by atoms with van der Waals surface area (Å²) in [6.45, 7) is 5.74. The number of hydrogen-bond acceptors (Lipinski definition) is 2. The minimum absolute atomic E-state index is 0.0494. The van der Waals surface area contributed by atoms with E-state index in [0.29, 0.717) is 11.1 Å². The number of nitrogens with one attached hydrogen (secondary N) is 1. The van der Waals surface area contributed by atoms with Gasteiger partial charge in [-0.3, -0.25) is 9.59 Å². The van der Waals surface area contributed by atoms with Gasteiger partial charge in [0.05, 0.1) is 6.04 Å². The molecule has 126 valence electrons. The van der Waals surface area contributed by atoms with Gasteiger partial charge in [0.15, 0.2) is 5.78 Å². The summed E-state index contributed by atoms with van der Waals surface area (Å²) < 4.78 is 13.2. The summed E-state index contributed by atoms with van der Waals surface area (Å²) >= 11 is 0. The molecule has 0 saturated carbocycles. The van der Waals surface area contributed by atoms with E-state index in [1.807, 2.05) is 26.0 Å². The second kappa shape index (κ2) is 7.86. The van der Waals surface area contributed by atoms with Crippen LogP contribution in [0.3, 0.4) is 0 Å². The van der Waals surface area contributed by atoms with Gasteiger partial charge in [0.2, 0.25) is 5.91 Å². The van der Waals surface area contributed by atoms with Crippen LogP contribution in [-0.4, -0.2) is 11.7 Å². The molecule has 0 spiro atoms. The zero-order valence-electron chi connectivity index (χ0n) is 14.2. The highest BCUT2D eigenvalue weighted by Crippen LogP contribution is 2.15. The number of aryl methyl sites for hydroxylation is 2. The minimum Gasteiger partial charge on any atom is -0.350 e. The van der Waals surface area contributed by atoms with Crippen LogP contribution in [0.2, 0.25) is 0 Å². The van der Waals surface area contributed by atoms with Gasteiger partial charge in [-0.15, -0.1) is 0 Å². The number of Topliss-reactive ketones (excluding diaryl/α,β-unsaturated/α-hetero) is 1. The van der Waals surface area contributed by atoms with Crippen LogP contribution >= 0.6 is 0 Å². The molecular formula is C20H22FNO2. The first-order chi connectivity index (χ1) is 11.4. The van der Waals surface area contributed by atoms with Crippen LogP contribution in [0.15, 0.2) is 42.5 Å². The molecule has 0 aliphatic heterocycles. The number of amides is 1. The Kier molecular flexibility index (Phi) is 5.85. The molecule has 1 amide bonds. The van der Waals surface area contributed by atoms with E-state index in [2.05, 4.69) is 5.32 Å². The van der Waals surface area contributed by atoms with Gasteiger partial charge in [0, 0.05) is 18.4 Å². The Hall–Kier alpha value is -2.49. The van der Waals surface area contributed by atoms with Crippen LogP contribution in [-0.2, 0) is 4.79 Å². The molecule has 24 heavy (non-hydrogen) atoms. The largest absolute Gasteiger partial charge is 0.350 e. The van der Waals surface area contributed by atoms with E-state index in [-0.39, 0.29) is 36.4 Å². The molecule has 2 aromatic carbocycles. The summed E-state index contributed by atoms with van der Waals surface area (Å²) in [5.74, 6) is -0.603. The lowest BCUT2D eigenvalue weighted by molar-refractivity contribution is -0.121. The number of benzene rings is 2. The number of hydrogen-bond donors (Lipinski definition) is 1. The maximum absolute atomic E-state index is 13.2. The van der Waals surface area contributed by atoms with E-state index in [1.54, 1.807) is 25.1 Å². The standard InChI is InChI=1S/C20H22FNO2/c1-13-7-8-17(11-14(13)2)19(23)9-10-20(24)22-15(3)16-5-4-6-18(21)12-16/h4-8,11-12,15H,9-10H2,1-3H3,(H,22,24). The Morgan fingerprint density at radius 1 is 1.04 bits per heavy atom. The molecule has 2 rings (SSSR count). The zero-order valence-corrected chi connectivity index (χ0v) is 14.2. The van der Waals surface area contributed by atoms with E-state index in [1.165, 1.54) is 12.1 Å². The fourth-order valence-corrected chi connectivity index (χ4v) is 2.46. The number of rotatable bonds is 6. The highest BCUT2D eigenvalue weighted by Gasteiger charge is 2.13. The molecule has 0 radical (unpaired) electrons. The Labute approximate surface area is 141 Å². The van der Waals surface area contributed by atoms with Crippen molar-refractivity contribution in [2.24, 2.45) is 0 Å². The SMILES string of the molecule is Cc1ccc(C(=O)CCC(=O)NC(C)c2cccc(F)c2)cc1C. The topological polar surface area (TPSA) is 46.2 Å². The Bertz CT molecular complexity index is 755. The van der Waals surface area contributed by atoms with Crippen LogP contribution in [0.25, 0.3) is 0 Å². The summed E-state index contributed by atoms with van der Waals surface area (Å²) in [6, 6.07) is 11.4. The predicted molar refractivity (Wildman–Crippen MR) is 92.4 cm³/mol. The summed E-state index contributed by atoms with van der Waals surface area (Å²) in [4.78, 5) is 24.2. The van der Waals surface area contributed by atoms with Gasteiger partial charge in [0.1, 0.15) is 5.82 Å². The molecule has 0 fully saturated rings. The number of carbonyl (C=O) groups excluding carboxylic acids is 2. The van der Waals surface area contributed by atoms with Gasteiger partial charge in [0.25, 0.3) is 0 Å². The van der Waals surface area contributed by atoms with Crippen molar-refractivity contribution in [2.45, 2.75) is 39.7 Å². The number of ketones is 1. The summed E-state index contributed by atoms with van der Waals surface area (Å²) in [5.41, 5.74) is 3.52. The zero-order chi connectivity index (χ0) is 17.7. The molecule has 0 heterocycles. The lowest BCUT2D eigenvalue weighted by atomic mass is 10.0. The molecule has 2 aromatic rings. The van der Waals surface area contributed by atoms with Gasteiger partial charge >= 0.3 is 0 Å². The average Bonchev–Trinajstić information content (AvgIpc) is 2.55. The van der Waals surface area contributed by atoms with Crippen LogP contribution in [0.1, 0.15) is 52.9 Å². The van der Waals surface area contributed by atoms with E-state index in [9.17, 15) is 14.0 Å². The van der Waals surface area contributed by atoms with Gasteiger partial charge in [-0.05, 0) is 55.7 Å². The maximum Gasteiger partial charge on any atom is 0.220 e. The molecule has 0 aromatic heterocycles. The van der Waals surface area contributed by atoms with Gasteiger partial charge in [-0.1, -0.05) is 24.3 Å². The maximum atomic E-state index is 13.2. The van der Waals surface area contributed by atoms with E-state index in [4.69, 9.17) is 0 Å². The Morgan fingerprint density at radius 2 is 1.79 bits per heavy atom. The second-order valence-electron chi connectivity index (χ2n) is 6.07. The fourth-order valence-electron chi connectivity index (χ4n) is 2.46. The lowest BCUT2D eigenvalue weighted by Crippen LogP contribution is -2.27. The van der Waals surface area contributed by atoms with Crippen molar-refractivity contribution in [3.05, 3.63) is 70.5 Å². The van der Waals surface area contributed by atoms with Crippen LogP contribution < -0.4 is 5.32 Å². The first kappa shape index (κ1) is 17.9. The molecule has 3 nitrogen and oxygen atoms in total. The normalized spacial score (nSPS) is 11.8. The molecule has 4 heteroatoms. The molecule has 0 aliphatic carbocycles. The Balaban J connectivity index is 1.88. The van der Waals surface area contributed by atoms with Crippen LogP contribution in [0.4, 0.5) is 4.39 Å². The van der Waals surface area contributed by atoms with Crippen molar-refractivity contribution in [1.29, 1.82) is 0 Å². The minimum atomic E-state index is -0.335. The van der Waals surface area contributed by atoms with Crippen molar-refractivity contribution >= 4 is 11.7 Å². The first-order valence-electron chi connectivity index (χ1n) is 8.02. The molecule has 1 N–H and O–H groups in total. The predicted octanol–water partition coefficient (Wildman–Crippen LogP) is 4.28. The third kappa shape index (κ3) is 4.75. The smallest absolute Gasteiger partial charge is 0.220 e. The highest BCUT2D eigenvalue weighted by molar-refractivity contribution is 5.98. The summed E-state index contributed by atoms with van der Waals surface area (Å²) in [6.07, 6.45) is 0.273. The quantitative estimate of drug-likeness (QED) is 0.805.